The van der Waals surface area contributed by atoms with E-state index in [1.165, 1.54) is 19.1 Å². The summed E-state index contributed by atoms with van der Waals surface area (Å²) in [5.74, 6) is -0.261. The largest absolute Gasteiger partial charge is 0.298 e. The molecule has 1 aromatic carbocycles. The van der Waals surface area contributed by atoms with Crippen molar-refractivity contribution in [1.82, 2.24) is 4.72 Å². The van der Waals surface area contributed by atoms with Crippen LogP contribution in [0.4, 0.5) is 0 Å². The zero-order chi connectivity index (χ0) is 13.9. The zero-order valence-corrected chi connectivity index (χ0v) is 11.9. The smallest absolute Gasteiger partial charge is 0.241 e. The molecule has 0 bridgehead atoms. The highest BCUT2D eigenvalue weighted by Gasteiger charge is 2.25. The van der Waals surface area contributed by atoms with Crippen molar-refractivity contribution in [3.63, 3.8) is 0 Å². The Labute approximate surface area is 108 Å². The molecule has 1 N–H and O–H groups in total. The Morgan fingerprint density at radius 2 is 1.67 bits per heavy atom. The molecular formula is C13H19NO3S. The monoisotopic (exact) mass is 269 g/mol. The molecule has 0 heterocycles. The van der Waals surface area contributed by atoms with E-state index in [1.807, 2.05) is 20.8 Å². The molecule has 0 radical (unpaired) electrons. The highest BCUT2D eigenvalue weighted by molar-refractivity contribution is 7.89. The first-order valence-electron chi connectivity index (χ1n) is 5.83. The molecule has 0 aliphatic carbocycles. The molecule has 0 spiro atoms. The summed E-state index contributed by atoms with van der Waals surface area (Å²) >= 11 is 0. The number of Topliss-reactive ketones (excluding diaryl/α,β-unsaturated/α-hetero) is 1. The zero-order valence-electron chi connectivity index (χ0n) is 11.1. The van der Waals surface area contributed by atoms with Crippen LogP contribution in [-0.2, 0) is 14.8 Å². The molecule has 0 aliphatic rings. The molecule has 0 saturated heterocycles. The van der Waals surface area contributed by atoms with Gasteiger partial charge in [0.1, 0.15) is 5.78 Å². The summed E-state index contributed by atoms with van der Waals surface area (Å²) in [6.45, 7) is 6.89. The predicted octanol–water partition coefficient (Wildman–Crippen LogP) is 1.89. The van der Waals surface area contributed by atoms with Crippen LogP contribution in [0.3, 0.4) is 0 Å². The van der Waals surface area contributed by atoms with Gasteiger partial charge >= 0.3 is 0 Å². The molecule has 0 unspecified atom stereocenters. The first kappa shape index (κ1) is 14.9. The highest BCUT2D eigenvalue weighted by atomic mass is 32.2. The summed E-state index contributed by atoms with van der Waals surface area (Å²) in [4.78, 5) is 11.6. The van der Waals surface area contributed by atoms with Crippen molar-refractivity contribution in [2.24, 2.45) is 5.92 Å². The van der Waals surface area contributed by atoms with Crippen LogP contribution in [0.25, 0.3) is 0 Å². The normalized spacial score (nSPS) is 13.6. The third-order valence-electron chi connectivity index (χ3n) is 2.72. The fraction of sp³-hybridized carbons (Fsp3) is 0.462. The Morgan fingerprint density at radius 3 is 2.06 bits per heavy atom. The van der Waals surface area contributed by atoms with E-state index < -0.39 is 16.1 Å². The van der Waals surface area contributed by atoms with E-state index in [-0.39, 0.29) is 16.6 Å². The van der Waals surface area contributed by atoms with Gasteiger partial charge in [-0.05, 0) is 31.9 Å². The summed E-state index contributed by atoms with van der Waals surface area (Å²) in [5, 5.41) is 0. The number of hydrogen-bond donors (Lipinski definition) is 1. The number of hydrogen-bond acceptors (Lipinski definition) is 3. The van der Waals surface area contributed by atoms with Crippen LogP contribution in [0.15, 0.2) is 29.2 Å². The predicted molar refractivity (Wildman–Crippen MR) is 70.8 cm³/mol. The fourth-order valence-electron chi connectivity index (χ4n) is 1.64. The molecule has 0 aromatic heterocycles. The average molecular weight is 269 g/mol. The van der Waals surface area contributed by atoms with Crippen LogP contribution in [0.5, 0.6) is 0 Å². The summed E-state index contributed by atoms with van der Waals surface area (Å²) in [7, 11) is -3.64. The number of carbonyl (C=O) groups is 1. The van der Waals surface area contributed by atoms with E-state index in [9.17, 15) is 13.2 Å². The Morgan fingerprint density at radius 1 is 1.17 bits per heavy atom. The Kier molecular flexibility index (Phi) is 4.65. The molecular weight excluding hydrogens is 250 g/mol. The number of nitrogens with one attached hydrogen (secondary N) is 1. The van der Waals surface area contributed by atoms with Gasteiger partial charge in [-0.3, -0.25) is 4.79 Å². The molecule has 1 rings (SSSR count). The minimum Gasteiger partial charge on any atom is -0.298 e. The molecule has 1 aromatic rings. The van der Waals surface area contributed by atoms with Crippen LogP contribution < -0.4 is 4.72 Å². The lowest BCUT2D eigenvalue weighted by molar-refractivity contribution is -0.119. The SMILES string of the molecule is CC(=O)[C@@H](NS(=O)(=O)c1ccc(C)cc1)C(C)C. The summed E-state index contributed by atoms with van der Waals surface area (Å²) in [6.07, 6.45) is 0. The summed E-state index contributed by atoms with van der Waals surface area (Å²) < 4.78 is 26.6. The topological polar surface area (TPSA) is 63.2 Å². The number of aryl methyl sites for hydroxylation is 1. The summed E-state index contributed by atoms with van der Waals surface area (Å²) in [5.41, 5.74) is 0.987. The number of carbonyl (C=O) groups excluding carboxylic acids is 1. The van der Waals surface area contributed by atoms with Gasteiger partial charge in [0.25, 0.3) is 0 Å². The molecule has 0 fully saturated rings. The van der Waals surface area contributed by atoms with Gasteiger partial charge in [-0.2, -0.15) is 0 Å². The molecule has 5 heteroatoms. The molecule has 1 atom stereocenters. The minimum atomic E-state index is -3.64. The van der Waals surface area contributed by atoms with Crippen LogP contribution in [0.1, 0.15) is 26.3 Å². The molecule has 4 nitrogen and oxygen atoms in total. The maximum Gasteiger partial charge on any atom is 0.241 e. The van der Waals surface area contributed by atoms with Gasteiger partial charge < -0.3 is 0 Å². The Bertz CT molecular complexity index is 518. The maximum atomic E-state index is 12.1. The van der Waals surface area contributed by atoms with E-state index >= 15 is 0 Å². The van der Waals surface area contributed by atoms with Crippen LogP contribution in [0.2, 0.25) is 0 Å². The number of sulfonamides is 1. The third-order valence-corrected chi connectivity index (χ3v) is 4.18. The van der Waals surface area contributed by atoms with Gasteiger partial charge in [0, 0.05) is 0 Å². The first-order chi connectivity index (χ1) is 8.24. The van der Waals surface area contributed by atoms with E-state index in [1.54, 1.807) is 12.1 Å². The van der Waals surface area contributed by atoms with E-state index in [2.05, 4.69) is 4.72 Å². The van der Waals surface area contributed by atoms with Gasteiger partial charge in [-0.1, -0.05) is 31.5 Å². The lowest BCUT2D eigenvalue weighted by Gasteiger charge is -2.19. The van der Waals surface area contributed by atoms with Gasteiger partial charge in [0.15, 0.2) is 0 Å². The minimum absolute atomic E-state index is 0.0808. The van der Waals surface area contributed by atoms with E-state index in [0.29, 0.717) is 0 Å². The molecule has 0 saturated carbocycles. The highest BCUT2D eigenvalue weighted by Crippen LogP contribution is 2.13. The van der Waals surface area contributed by atoms with Crippen molar-refractivity contribution >= 4 is 15.8 Å². The third kappa shape index (κ3) is 3.65. The lowest BCUT2D eigenvalue weighted by atomic mass is 10.0. The second-order valence-corrected chi connectivity index (χ2v) is 6.48. The second-order valence-electron chi connectivity index (χ2n) is 4.77. The van der Waals surface area contributed by atoms with Gasteiger partial charge in [0.05, 0.1) is 10.9 Å². The van der Waals surface area contributed by atoms with Gasteiger partial charge in [-0.25, -0.2) is 13.1 Å². The van der Waals surface area contributed by atoms with Crippen LogP contribution in [-0.4, -0.2) is 20.2 Å². The molecule has 100 valence electrons. The van der Waals surface area contributed by atoms with Crippen molar-refractivity contribution in [2.45, 2.75) is 38.6 Å². The Balaban J connectivity index is 3.01. The van der Waals surface area contributed by atoms with Crippen molar-refractivity contribution in [2.75, 3.05) is 0 Å². The van der Waals surface area contributed by atoms with E-state index in [0.717, 1.165) is 5.56 Å². The average Bonchev–Trinajstić information content (AvgIpc) is 2.26. The number of rotatable bonds is 5. The molecule has 18 heavy (non-hydrogen) atoms. The number of benzene rings is 1. The van der Waals surface area contributed by atoms with Crippen molar-refractivity contribution in [3.8, 4) is 0 Å². The van der Waals surface area contributed by atoms with Crippen molar-refractivity contribution in [3.05, 3.63) is 29.8 Å². The fourth-order valence-corrected chi connectivity index (χ4v) is 3.04. The number of ketones is 1. The summed E-state index contributed by atoms with van der Waals surface area (Å²) in [6, 6.07) is 5.85. The standard InChI is InChI=1S/C13H19NO3S/c1-9(2)13(11(4)15)14-18(16,17)12-7-5-10(3)6-8-12/h5-9,13-14H,1-4H3/t13-/m0/s1. The van der Waals surface area contributed by atoms with Gasteiger partial charge in [-0.15, -0.1) is 0 Å². The lowest BCUT2D eigenvalue weighted by Crippen LogP contribution is -2.43. The maximum absolute atomic E-state index is 12.1. The van der Waals surface area contributed by atoms with Gasteiger partial charge in [0.2, 0.25) is 10.0 Å². The molecule has 0 amide bonds. The van der Waals surface area contributed by atoms with Crippen LogP contribution in [0, 0.1) is 12.8 Å². The van der Waals surface area contributed by atoms with Crippen LogP contribution >= 0.6 is 0 Å². The molecule has 0 aliphatic heterocycles. The first-order valence-corrected chi connectivity index (χ1v) is 7.32. The second kappa shape index (κ2) is 5.63. The van der Waals surface area contributed by atoms with Crippen molar-refractivity contribution in [1.29, 1.82) is 0 Å². The quantitative estimate of drug-likeness (QED) is 0.887. The van der Waals surface area contributed by atoms with E-state index in [4.69, 9.17) is 0 Å². The Hall–Kier alpha value is -1.20. The van der Waals surface area contributed by atoms with Crippen molar-refractivity contribution < 1.29 is 13.2 Å².